The third kappa shape index (κ3) is 5.13. The molecule has 0 bridgehead atoms. The van der Waals surface area contributed by atoms with Gasteiger partial charge in [-0.1, -0.05) is 29.3 Å². The van der Waals surface area contributed by atoms with Crippen LogP contribution in [0.25, 0.3) is 0 Å². The van der Waals surface area contributed by atoms with Crippen molar-refractivity contribution in [2.24, 2.45) is 0 Å². The van der Waals surface area contributed by atoms with Crippen LogP contribution in [0.2, 0.25) is 10.0 Å². The third-order valence-electron chi connectivity index (χ3n) is 3.81. The molecule has 26 heavy (non-hydrogen) atoms. The van der Waals surface area contributed by atoms with E-state index in [1.165, 1.54) is 0 Å². The standard InChI is InChI=1S/C19H21Cl2N3O2/c1-4-22-17(25)12-5-8-14(9-6-12)23-18(26)24-19(2,3)13-7-10-15(20)16(21)11-13/h5-11H,4H2,1-3H3,(H,22,25)(H2,23,24,26). The molecule has 0 aromatic heterocycles. The number of nitrogens with one attached hydrogen (secondary N) is 3. The molecule has 0 aliphatic heterocycles. The molecule has 0 aliphatic carbocycles. The highest BCUT2D eigenvalue weighted by molar-refractivity contribution is 6.42. The van der Waals surface area contributed by atoms with Crippen LogP contribution < -0.4 is 16.0 Å². The topological polar surface area (TPSA) is 70.2 Å². The molecule has 0 saturated heterocycles. The third-order valence-corrected chi connectivity index (χ3v) is 4.55. The van der Waals surface area contributed by atoms with E-state index in [0.29, 0.717) is 27.8 Å². The average molecular weight is 394 g/mol. The van der Waals surface area contributed by atoms with Crippen molar-refractivity contribution in [2.45, 2.75) is 26.3 Å². The van der Waals surface area contributed by atoms with Gasteiger partial charge in [-0.25, -0.2) is 4.79 Å². The molecule has 0 spiro atoms. The van der Waals surface area contributed by atoms with Crippen LogP contribution in [0, 0.1) is 0 Å². The Balaban J connectivity index is 2.03. The summed E-state index contributed by atoms with van der Waals surface area (Å²) in [5.41, 5.74) is 1.29. The van der Waals surface area contributed by atoms with Gasteiger partial charge in [0.2, 0.25) is 0 Å². The molecule has 2 aromatic carbocycles. The van der Waals surface area contributed by atoms with Crippen LogP contribution >= 0.6 is 23.2 Å². The van der Waals surface area contributed by atoms with Gasteiger partial charge in [-0.3, -0.25) is 4.79 Å². The molecule has 3 N–H and O–H groups in total. The first-order valence-corrected chi connectivity index (χ1v) is 8.91. The molecule has 0 unspecified atom stereocenters. The minimum Gasteiger partial charge on any atom is -0.352 e. The Morgan fingerprint density at radius 3 is 2.23 bits per heavy atom. The first-order valence-electron chi connectivity index (χ1n) is 8.16. The van der Waals surface area contributed by atoms with Crippen molar-refractivity contribution < 1.29 is 9.59 Å². The van der Waals surface area contributed by atoms with E-state index in [0.717, 1.165) is 5.56 Å². The molecule has 7 heteroatoms. The number of amides is 3. The van der Waals surface area contributed by atoms with Gasteiger partial charge >= 0.3 is 6.03 Å². The number of carbonyl (C=O) groups is 2. The number of carbonyl (C=O) groups excluding carboxylic acids is 2. The lowest BCUT2D eigenvalue weighted by atomic mass is 9.94. The fourth-order valence-electron chi connectivity index (χ4n) is 2.37. The highest BCUT2D eigenvalue weighted by Gasteiger charge is 2.23. The lowest BCUT2D eigenvalue weighted by molar-refractivity contribution is 0.0956. The number of hydrogen-bond acceptors (Lipinski definition) is 2. The zero-order valence-electron chi connectivity index (χ0n) is 14.8. The molecule has 0 fully saturated rings. The Morgan fingerprint density at radius 1 is 1.00 bits per heavy atom. The van der Waals surface area contributed by atoms with Gasteiger partial charge in [-0.2, -0.15) is 0 Å². The number of rotatable bonds is 5. The predicted molar refractivity (Wildman–Crippen MR) is 106 cm³/mol. The summed E-state index contributed by atoms with van der Waals surface area (Å²) in [5, 5.41) is 9.26. The van der Waals surface area contributed by atoms with Crippen molar-refractivity contribution in [3.63, 3.8) is 0 Å². The summed E-state index contributed by atoms with van der Waals surface area (Å²) in [6.07, 6.45) is 0. The summed E-state index contributed by atoms with van der Waals surface area (Å²) in [4.78, 5) is 24.1. The molecule has 0 radical (unpaired) electrons. The second-order valence-electron chi connectivity index (χ2n) is 6.27. The second kappa shape index (κ2) is 8.43. The van der Waals surface area contributed by atoms with Crippen LogP contribution in [0.15, 0.2) is 42.5 Å². The molecule has 0 aliphatic rings. The van der Waals surface area contributed by atoms with Crippen molar-refractivity contribution in [1.82, 2.24) is 10.6 Å². The van der Waals surface area contributed by atoms with E-state index in [9.17, 15) is 9.59 Å². The van der Waals surface area contributed by atoms with Crippen LogP contribution in [0.3, 0.4) is 0 Å². The molecule has 2 rings (SSSR count). The molecule has 0 heterocycles. The summed E-state index contributed by atoms with van der Waals surface area (Å²) < 4.78 is 0. The van der Waals surface area contributed by atoms with Gasteiger partial charge in [-0.05, 0) is 62.7 Å². The lowest BCUT2D eigenvalue weighted by Gasteiger charge is -2.27. The normalized spacial score (nSPS) is 11.0. The zero-order valence-corrected chi connectivity index (χ0v) is 16.3. The van der Waals surface area contributed by atoms with E-state index in [4.69, 9.17) is 23.2 Å². The maximum Gasteiger partial charge on any atom is 0.319 e. The van der Waals surface area contributed by atoms with E-state index in [1.807, 2.05) is 26.8 Å². The highest BCUT2D eigenvalue weighted by Crippen LogP contribution is 2.28. The SMILES string of the molecule is CCNC(=O)c1ccc(NC(=O)NC(C)(C)c2ccc(Cl)c(Cl)c2)cc1. The minimum atomic E-state index is -0.654. The summed E-state index contributed by atoms with van der Waals surface area (Å²) >= 11 is 12.0. The summed E-state index contributed by atoms with van der Waals surface area (Å²) in [7, 11) is 0. The van der Waals surface area contributed by atoms with Crippen molar-refractivity contribution in [3.8, 4) is 0 Å². The minimum absolute atomic E-state index is 0.149. The average Bonchev–Trinajstić information content (AvgIpc) is 2.57. The highest BCUT2D eigenvalue weighted by atomic mass is 35.5. The van der Waals surface area contributed by atoms with E-state index in [-0.39, 0.29) is 11.9 Å². The summed E-state index contributed by atoms with van der Waals surface area (Å²) in [5.74, 6) is -0.149. The lowest BCUT2D eigenvalue weighted by Crippen LogP contribution is -2.43. The smallest absolute Gasteiger partial charge is 0.319 e. The predicted octanol–water partition coefficient (Wildman–Crippen LogP) is 4.80. The maximum atomic E-state index is 12.3. The van der Waals surface area contributed by atoms with Gasteiger partial charge in [0.1, 0.15) is 0 Å². The molecular weight excluding hydrogens is 373 g/mol. The van der Waals surface area contributed by atoms with Gasteiger partial charge in [0.15, 0.2) is 0 Å². The summed E-state index contributed by atoms with van der Waals surface area (Å²) in [6.45, 7) is 6.15. The van der Waals surface area contributed by atoms with E-state index < -0.39 is 5.54 Å². The first kappa shape index (κ1) is 20.1. The van der Waals surface area contributed by atoms with Gasteiger partial charge in [0.05, 0.1) is 15.6 Å². The van der Waals surface area contributed by atoms with Gasteiger partial charge < -0.3 is 16.0 Å². The van der Waals surface area contributed by atoms with Crippen molar-refractivity contribution in [2.75, 3.05) is 11.9 Å². The quantitative estimate of drug-likeness (QED) is 0.682. The number of halogens is 2. The maximum absolute atomic E-state index is 12.3. The van der Waals surface area contributed by atoms with Crippen LogP contribution in [0.5, 0.6) is 0 Å². The fourth-order valence-corrected chi connectivity index (χ4v) is 2.67. The van der Waals surface area contributed by atoms with Crippen molar-refractivity contribution >= 4 is 40.8 Å². The molecule has 5 nitrogen and oxygen atoms in total. The Hall–Kier alpha value is -2.24. The zero-order chi connectivity index (χ0) is 19.3. The number of anilines is 1. The molecular formula is C19H21Cl2N3O2. The molecule has 138 valence electrons. The van der Waals surface area contributed by atoms with Gasteiger partial charge in [0.25, 0.3) is 5.91 Å². The monoisotopic (exact) mass is 393 g/mol. The number of benzene rings is 2. The van der Waals surface area contributed by atoms with Crippen LogP contribution in [-0.4, -0.2) is 18.5 Å². The van der Waals surface area contributed by atoms with Gasteiger partial charge in [-0.15, -0.1) is 0 Å². The second-order valence-corrected chi connectivity index (χ2v) is 7.08. The van der Waals surface area contributed by atoms with Crippen LogP contribution in [-0.2, 0) is 5.54 Å². The Labute approximate surface area is 163 Å². The van der Waals surface area contributed by atoms with E-state index in [2.05, 4.69) is 16.0 Å². The van der Waals surface area contributed by atoms with Gasteiger partial charge in [0, 0.05) is 17.8 Å². The van der Waals surface area contributed by atoms with Crippen LogP contribution in [0.4, 0.5) is 10.5 Å². The van der Waals surface area contributed by atoms with E-state index in [1.54, 1.807) is 36.4 Å². The molecule has 0 saturated carbocycles. The number of hydrogen-bond donors (Lipinski definition) is 3. The Morgan fingerprint density at radius 2 is 1.65 bits per heavy atom. The molecule has 2 aromatic rings. The van der Waals surface area contributed by atoms with E-state index >= 15 is 0 Å². The number of urea groups is 1. The van der Waals surface area contributed by atoms with Crippen LogP contribution in [0.1, 0.15) is 36.7 Å². The largest absolute Gasteiger partial charge is 0.352 e. The fraction of sp³-hybridized carbons (Fsp3) is 0.263. The molecule has 0 atom stereocenters. The molecule has 3 amide bonds. The Kier molecular flexibility index (Phi) is 6.51. The first-order chi connectivity index (χ1) is 12.2. The summed E-state index contributed by atoms with van der Waals surface area (Å²) in [6, 6.07) is 11.5. The van der Waals surface area contributed by atoms with Crippen molar-refractivity contribution in [1.29, 1.82) is 0 Å². The Bertz CT molecular complexity index is 805. The van der Waals surface area contributed by atoms with Crippen molar-refractivity contribution in [3.05, 3.63) is 63.6 Å².